The molecule has 31 heavy (non-hydrogen) atoms. The van der Waals surface area contributed by atoms with E-state index in [-0.39, 0.29) is 22.7 Å². The molecule has 0 saturated carbocycles. The molecule has 1 aliphatic rings. The largest absolute Gasteiger partial charge is 0.416 e. The lowest BCUT2D eigenvalue weighted by molar-refractivity contribution is -0.137. The summed E-state index contributed by atoms with van der Waals surface area (Å²) >= 11 is 0. The Hall–Kier alpha value is -3.22. The third-order valence-electron chi connectivity index (χ3n) is 4.96. The SMILES string of the molecule is O=C(Cn1c(=O)ncc2c1cnn2C1CCS(=O)(=O)C1)Nc1cccc(C(F)(F)F)c1. The van der Waals surface area contributed by atoms with E-state index >= 15 is 0 Å². The normalized spacial score (nSPS) is 18.4. The average molecular weight is 455 g/mol. The second-order valence-electron chi connectivity index (χ2n) is 7.17. The molecular formula is C18H16F3N5O4S. The van der Waals surface area contributed by atoms with Gasteiger partial charge in [-0.05, 0) is 24.6 Å². The lowest BCUT2D eigenvalue weighted by Crippen LogP contribution is -2.29. The van der Waals surface area contributed by atoms with Crippen LogP contribution in [-0.4, -0.2) is 45.2 Å². The Bertz CT molecular complexity index is 1330. The van der Waals surface area contributed by atoms with E-state index < -0.39 is 45.8 Å². The van der Waals surface area contributed by atoms with Gasteiger partial charge in [-0.2, -0.15) is 23.3 Å². The van der Waals surface area contributed by atoms with Gasteiger partial charge >= 0.3 is 11.9 Å². The number of nitrogens with zero attached hydrogens (tertiary/aromatic N) is 4. The first kappa shape index (κ1) is 21.0. The zero-order valence-corrected chi connectivity index (χ0v) is 16.7. The minimum absolute atomic E-state index is 0.0332. The highest BCUT2D eigenvalue weighted by molar-refractivity contribution is 7.91. The fourth-order valence-corrected chi connectivity index (χ4v) is 5.21. The van der Waals surface area contributed by atoms with Gasteiger partial charge in [-0.3, -0.25) is 14.0 Å². The standard InChI is InChI=1S/C18H16F3N5O4S/c19-18(20,21)11-2-1-3-12(6-11)24-16(27)9-25-14-8-23-26(15(14)7-22-17(25)28)13-4-5-31(29,30)10-13/h1-3,6-8,13H,4-5,9-10H2,(H,24,27). The smallest absolute Gasteiger partial charge is 0.325 e. The van der Waals surface area contributed by atoms with Crippen LogP contribution in [0.1, 0.15) is 18.0 Å². The molecule has 3 heterocycles. The molecule has 1 saturated heterocycles. The highest BCUT2D eigenvalue weighted by Crippen LogP contribution is 2.30. The molecule has 1 amide bonds. The number of benzene rings is 1. The number of hydrogen-bond donors (Lipinski definition) is 1. The molecule has 1 fully saturated rings. The molecule has 1 aliphatic heterocycles. The lowest BCUT2D eigenvalue weighted by atomic mass is 10.2. The minimum Gasteiger partial charge on any atom is -0.325 e. The van der Waals surface area contributed by atoms with E-state index in [2.05, 4.69) is 15.4 Å². The molecule has 4 rings (SSSR count). The predicted molar refractivity (Wildman–Crippen MR) is 104 cm³/mol. The number of carbonyl (C=O) groups is 1. The van der Waals surface area contributed by atoms with Gasteiger partial charge in [0.2, 0.25) is 5.91 Å². The van der Waals surface area contributed by atoms with Gasteiger partial charge in [0.25, 0.3) is 0 Å². The first-order valence-corrected chi connectivity index (χ1v) is 11.0. The third-order valence-corrected chi connectivity index (χ3v) is 6.71. The van der Waals surface area contributed by atoms with E-state index in [0.717, 1.165) is 22.8 Å². The number of amides is 1. The monoisotopic (exact) mass is 455 g/mol. The van der Waals surface area contributed by atoms with Gasteiger partial charge < -0.3 is 5.32 Å². The van der Waals surface area contributed by atoms with Gasteiger partial charge in [-0.1, -0.05) is 6.07 Å². The molecule has 13 heteroatoms. The van der Waals surface area contributed by atoms with Gasteiger partial charge in [-0.15, -0.1) is 0 Å². The van der Waals surface area contributed by atoms with E-state index in [1.54, 1.807) is 0 Å². The summed E-state index contributed by atoms with van der Waals surface area (Å²) in [6, 6.07) is 3.72. The van der Waals surface area contributed by atoms with E-state index in [1.807, 2.05) is 0 Å². The number of sulfone groups is 1. The summed E-state index contributed by atoms with van der Waals surface area (Å²) in [6.45, 7) is -0.506. The van der Waals surface area contributed by atoms with Gasteiger partial charge in [0.1, 0.15) is 12.1 Å². The van der Waals surface area contributed by atoms with Crippen LogP contribution in [0, 0.1) is 0 Å². The molecule has 0 aliphatic carbocycles. The summed E-state index contributed by atoms with van der Waals surface area (Å²) in [5.74, 6) is -0.781. The van der Waals surface area contributed by atoms with Crippen molar-refractivity contribution in [2.45, 2.75) is 25.2 Å². The third kappa shape index (κ3) is 4.31. The van der Waals surface area contributed by atoms with Crippen LogP contribution in [0.3, 0.4) is 0 Å². The molecule has 1 atom stereocenters. The summed E-state index contributed by atoms with van der Waals surface area (Å²) < 4.78 is 64.6. The van der Waals surface area contributed by atoms with E-state index in [9.17, 15) is 31.2 Å². The molecule has 1 aromatic carbocycles. The Labute approximate surface area is 173 Å². The van der Waals surface area contributed by atoms with E-state index in [1.165, 1.54) is 23.1 Å². The Balaban J connectivity index is 1.59. The quantitative estimate of drug-likeness (QED) is 0.639. The second-order valence-corrected chi connectivity index (χ2v) is 9.40. The highest BCUT2D eigenvalue weighted by atomic mass is 32.2. The van der Waals surface area contributed by atoms with Crippen LogP contribution < -0.4 is 11.0 Å². The Kier molecular flexibility index (Phi) is 5.07. The Morgan fingerprint density at radius 2 is 2.00 bits per heavy atom. The maximum absolute atomic E-state index is 12.8. The molecule has 3 aromatic rings. The number of fused-ring (bicyclic) bond motifs is 1. The van der Waals surface area contributed by atoms with Gasteiger partial charge in [-0.25, -0.2) is 13.2 Å². The van der Waals surface area contributed by atoms with Crippen LogP contribution in [0.2, 0.25) is 0 Å². The predicted octanol–water partition coefficient (Wildman–Crippen LogP) is 1.61. The van der Waals surface area contributed by atoms with E-state index in [4.69, 9.17) is 0 Å². The zero-order valence-electron chi connectivity index (χ0n) is 15.8. The van der Waals surface area contributed by atoms with Crippen molar-refractivity contribution < 1.29 is 26.4 Å². The fourth-order valence-electron chi connectivity index (χ4n) is 3.51. The van der Waals surface area contributed by atoms with Crippen molar-refractivity contribution in [1.29, 1.82) is 0 Å². The van der Waals surface area contributed by atoms with Crippen molar-refractivity contribution in [2.75, 3.05) is 16.8 Å². The number of alkyl halides is 3. The number of nitrogens with one attached hydrogen (secondary N) is 1. The summed E-state index contributed by atoms with van der Waals surface area (Å²) in [5, 5.41) is 6.50. The molecule has 164 valence electrons. The average Bonchev–Trinajstić information content (AvgIpc) is 3.26. The summed E-state index contributed by atoms with van der Waals surface area (Å²) in [6.07, 6.45) is -1.60. The molecule has 0 spiro atoms. The summed E-state index contributed by atoms with van der Waals surface area (Å²) in [5.41, 5.74) is -1.08. The number of hydrogen-bond acceptors (Lipinski definition) is 6. The fraction of sp³-hybridized carbons (Fsp3) is 0.333. The number of carbonyl (C=O) groups excluding carboxylic acids is 1. The van der Waals surface area contributed by atoms with Crippen molar-refractivity contribution in [1.82, 2.24) is 19.3 Å². The first-order valence-electron chi connectivity index (χ1n) is 9.14. The van der Waals surface area contributed by atoms with Crippen LogP contribution in [-0.2, 0) is 27.4 Å². The van der Waals surface area contributed by atoms with Crippen LogP contribution in [0.15, 0.2) is 41.5 Å². The summed E-state index contributed by atoms with van der Waals surface area (Å²) in [7, 11) is -3.17. The lowest BCUT2D eigenvalue weighted by Gasteiger charge is -2.12. The highest BCUT2D eigenvalue weighted by Gasteiger charge is 2.32. The molecule has 2 aromatic heterocycles. The van der Waals surface area contributed by atoms with Crippen molar-refractivity contribution in [3.63, 3.8) is 0 Å². The maximum Gasteiger partial charge on any atom is 0.416 e. The van der Waals surface area contributed by atoms with Gasteiger partial charge in [0, 0.05) is 5.69 Å². The molecular weight excluding hydrogens is 439 g/mol. The van der Waals surface area contributed by atoms with Gasteiger partial charge in [0.15, 0.2) is 9.84 Å². The molecule has 1 unspecified atom stereocenters. The number of halogens is 3. The van der Waals surface area contributed by atoms with Crippen LogP contribution in [0.4, 0.5) is 18.9 Å². The summed E-state index contributed by atoms with van der Waals surface area (Å²) in [4.78, 5) is 28.4. The van der Waals surface area contributed by atoms with Crippen molar-refractivity contribution in [2.24, 2.45) is 0 Å². The molecule has 9 nitrogen and oxygen atoms in total. The molecule has 1 N–H and O–H groups in total. The minimum atomic E-state index is -4.56. The second kappa shape index (κ2) is 7.48. The first-order chi connectivity index (χ1) is 14.5. The van der Waals surface area contributed by atoms with Crippen molar-refractivity contribution in [3.05, 3.63) is 52.7 Å². The van der Waals surface area contributed by atoms with Crippen molar-refractivity contribution in [3.8, 4) is 0 Å². The Morgan fingerprint density at radius 1 is 1.23 bits per heavy atom. The van der Waals surface area contributed by atoms with E-state index in [0.29, 0.717) is 11.9 Å². The number of anilines is 1. The van der Waals surface area contributed by atoms with Crippen molar-refractivity contribution >= 4 is 32.5 Å². The molecule has 0 bridgehead atoms. The number of rotatable bonds is 4. The van der Waals surface area contributed by atoms with Crippen LogP contribution in [0.5, 0.6) is 0 Å². The number of aromatic nitrogens is 4. The molecule has 0 radical (unpaired) electrons. The topological polar surface area (TPSA) is 116 Å². The zero-order chi connectivity index (χ0) is 22.4. The van der Waals surface area contributed by atoms with Crippen LogP contribution >= 0.6 is 0 Å². The van der Waals surface area contributed by atoms with Crippen LogP contribution in [0.25, 0.3) is 11.0 Å². The Morgan fingerprint density at radius 3 is 2.68 bits per heavy atom. The maximum atomic E-state index is 12.8. The van der Waals surface area contributed by atoms with Gasteiger partial charge in [0.05, 0.1) is 41.0 Å².